The number of benzene rings is 1. The zero-order valence-electron chi connectivity index (χ0n) is 10.5. The summed E-state index contributed by atoms with van der Waals surface area (Å²) in [4.78, 5) is 12.1. The van der Waals surface area contributed by atoms with Gasteiger partial charge in [-0.2, -0.15) is 0 Å². The molecule has 0 unspecified atom stereocenters. The van der Waals surface area contributed by atoms with Gasteiger partial charge in [-0.3, -0.25) is 4.79 Å². The lowest BCUT2D eigenvalue weighted by Gasteiger charge is -2.15. The molecule has 4 heteroatoms. The first-order chi connectivity index (χ1) is 8.56. The summed E-state index contributed by atoms with van der Waals surface area (Å²) in [5.74, 6) is -0.0499. The Labute approximate surface area is 116 Å². The van der Waals surface area contributed by atoms with Crippen LogP contribution in [0.5, 0.6) is 0 Å². The second-order valence-corrected chi connectivity index (χ2v) is 5.99. The molecule has 1 saturated carbocycles. The van der Waals surface area contributed by atoms with E-state index in [1.54, 1.807) is 0 Å². The van der Waals surface area contributed by atoms with E-state index in [2.05, 4.69) is 21.2 Å². The fraction of sp³-hybridized carbons (Fsp3) is 0.500. The van der Waals surface area contributed by atoms with Crippen molar-refractivity contribution in [1.29, 1.82) is 0 Å². The number of hydrogen-bond donors (Lipinski definition) is 2. The van der Waals surface area contributed by atoms with Gasteiger partial charge in [0.15, 0.2) is 0 Å². The Morgan fingerprint density at radius 3 is 2.78 bits per heavy atom. The Hall–Kier alpha value is -0.870. The van der Waals surface area contributed by atoms with E-state index in [1.807, 2.05) is 25.1 Å². The smallest absolute Gasteiger partial charge is 0.252 e. The van der Waals surface area contributed by atoms with E-state index < -0.39 is 0 Å². The Morgan fingerprint density at radius 1 is 1.50 bits per heavy atom. The molecule has 0 heterocycles. The molecule has 1 aromatic rings. The predicted molar refractivity (Wildman–Crippen MR) is 74.6 cm³/mol. The average Bonchev–Trinajstić information content (AvgIpc) is 3.07. The van der Waals surface area contributed by atoms with Crippen LogP contribution in [0.1, 0.15) is 35.2 Å². The number of aliphatic hydroxyl groups is 1. The maximum absolute atomic E-state index is 12.1. The molecule has 0 spiro atoms. The Kier molecular flexibility index (Phi) is 4.07. The van der Waals surface area contributed by atoms with Gasteiger partial charge in [-0.25, -0.2) is 0 Å². The molecule has 1 aromatic carbocycles. The van der Waals surface area contributed by atoms with Crippen LogP contribution >= 0.6 is 15.9 Å². The fourth-order valence-electron chi connectivity index (χ4n) is 2.10. The van der Waals surface area contributed by atoms with Gasteiger partial charge < -0.3 is 10.4 Å². The molecule has 0 radical (unpaired) electrons. The molecule has 0 bridgehead atoms. The first kappa shape index (κ1) is 13.6. The quantitative estimate of drug-likeness (QED) is 0.878. The van der Waals surface area contributed by atoms with Crippen molar-refractivity contribution in [1.82, 2.24) is 5.32 Å². The minimum absolute atomic E-state index is 0.0499. The lowest BCUT2D eigenvalue weighted by atomic mass is 10.0. The van der Waals surface area contributed by atoms with Gasteiger partial charge in [0.25, 0.3) is 5.91 Å². The second-order valence-electron chi connectivity index (χ2n) is 5.14. The van der Waals surface area contributed by atoms with E-state index in [0.717, 1.165) is 29.3 Å². The molecule has 0 aromatic heterocycles. The van der Waals surface area contributed by atoms with Crippen LogP contribution in [0.25, 0.3) is 0 Å². The van der Waals surface area contributed by atoms with Crippen molar-refractivity contribution in [3.63, 3.8) is 0 Å². The van der Waals surface area contributed by atoms with E-state index in [9.17, 15) is 4.79 Å². The normalized spacial score (nSPS) is 16.4. The number of hydrogen-bond acceptors (Lipinski definition) is 2. The van der Waals surface area contributed by atoms with E-state index in [4.69, 9.17) is 5.11 Å². The molecule has 1 fully saturated rings. The predicted octanol–water partition coefficient (Wildman–Crippen LogP) is 2.65. The van der Waals surface area contributed by atoms with Crippen molar-refractivity contribution >= 4 is 21.8 Å². The summed E-state index contributed by atoms with van der Waals surface area (Å²) in [5.41, 5.74) is 1.94. The van der Waals surface area contributed by atoms with Crippen molar-refractivity contribution in [2.45, 2.75) is 26.2 Å². The standard InChI is InChI=1S/C14H18BrNO2/c1-10-2-3-11(12(15)8-10)13(18)16-9-14(4-5-14)6-7-17/h2-3,8,17H,4-7,9H2,1H3,(H,16,18). The van der Waals surface area contributed by atoms with Gasteiger partial charge in [0.1, 0.15) is 0 Å². The molecule has 0 aliphatic heterocycles. The average molecular weight is 312 g/mol. The first-order valence-corrected chi connectivity index (χ1v) is 7.01. The number of carbonyl (C=O) groups is 1. The first-order valence-electron chi connectivity index (χ1n) is 6.22. The summed E-state index contributed by atoms with van der Waals surface area (Å²) < 4.78 is 0.826. The SMILES string of the molecule is Cc1ccc(C(=O)NCC2(CCO)CC2)c(Br)c1. The van der Waals surface area contributed by atoms with E-state index in [1.165, 1.54) is 0 Å². The van der Waals surface area contributed by atoms with E-state index in [-0.39, 0.29) is 17.9 Å². The molecule has 1 aliphatic rings. The zero-order chi connectivity index (χ0) is 13.2. The minimum Gasteiger partial charge on any atom is -0.396 e. The van der Waals surface area contributed by atoms with E-state index in [0.29, 0.717) is 12.1 Å². The number of aryl methyl sites for hydroxylation is 1. The van der Waals surface area contributed by atoms with Crippen LogP contribution in [0.15, 0.2) is 22.7 Å². The zero-order valence-corrected chi connectivity index (χ0v) is 12.1. The molecule has 98 valence electrons. The van der Waals surface area contributed by atoms with Crippen LogP contribution in [0.2, 0.25) is 0 Å². The molecular weight excluding hydrogens is 294 g/mol. The Balaban J connectivity index is 1.96. The van der Waals surface area contributed by atoms with Crippen LogP contribution < -0.4 is 5.32 Å². The van der Waals surface area contributed by atoms with Gasteiger partial charge in [-0.1, -0.05) is 6.07 Å². The highest BCUT2D eigenvalue weighted by Crippen LogP contribution is 2.47. The van der Waals surface area contributed by atoms with E-state index >= 15 is 0 Å². The third-order valence-electron chi connectivity index (χ3n) is 3.59. The van der Waals surface area contributed by atoms with Crippen molar-refractivity contribution in [3.05, 3.63) is 33.8 Å². The van der Waals surface area contributed by atoms with Crippen LogP contribution in [0.3, 0.4) is 0 Å². The number of amides is 1. The number of rotatable bonds is 5. The lowest BCUT2D eigenvalue weighted by Crippen LogP contribution is -2.30. The molecule has 18 heavy (non-hydrogen) atoms. The molecule has 0 atom stereocenters. The number of nitrogens with one attached hydrogen (secondary N) is 1. The van der Waals surface area contributed by atoms with Gasteiger partial charge in [-0.05, 0) is 65.2 Å². The summed E-state index contributed by atoms with van der Waals surface area (Å²) in [6, 6.07) is 5.70. The largest absolute Gasteiger partial charge is 0.396 e. The molecule has 0 saturated heterocycles. The third kappa shape index (κ3) is 3.12. The highest BCUT2D eigenvalue weighted by Gasteiger charge is 2.41. The summed E-state index contributed by atoms with van der Waals surface area (Å²) in [6.45, 7) is 2.85. The Morgan fingerprint density at radius 2 is 2.22 bits per heavy atom. The van der Waals surface area contributed by atoms with Crippen LogP contribution in [-0.4, -0.2) is 24.2 Å². The van der Waals surface area contributed by atoms with Crippen LogP contribution in [0.4, 0.5) is 0 Å². The second kappa shape index (κ2) is 5.41. The number of aliphatic hydroxyl groups excluding tert-OH is 1. The fourth-order valence-corrected chi connectivity index (χ4v) is 2.77. The van der Waals surface area contributed by atoms with Crippen molar-refractivity contribution in [2.75, 3.05) is 13.2 Å². The highest BCUT2D eigenvalue weighted by molar-refractivity contribution is 9.10. The van der Waals surface area contributed by atoms with Crippen molar-refractivity contribution in [3.8, 4) is 0 Å². The summed E-state index contributed by atoms with van der Waals surface area (Å²) in [7, 11) is 0. The topological polar surface area (TPSA) is 49.3 Å². The molecular formula is C14H18BrNO2. The maximum atomic E-state index is 12.1. The lowest BCUT2D eigenvalue weighted by molar-refractivity contribution is 0.0940. The summed E-state index contributed by atoms with van der Waals surface area (Å²) in [6.07, 6.45) is 2.98. The van der Waals surface area contributed by atoms with Gasteiger partial charge in [0.2, 0.25) is 0 Å². The maximum Gasteiger partial charge on any atom is 0.252 e. The molecule has 1 aliphatic carbocycles. The van der Waals surface area contributed by atoms with Gasteiger partial charge in [0.05, 0.1) is 5.56 Å². The van der Waals surface area contributed by atoms with Crippen LogP contribution in [0, 0.1) is 12.3 Å². The highest BCUT2D eigenvalue weighted by atomic mass is 79.9. The monoisotopic (exact) mass is 311 g/mol. The third-order valence-corrected chi connectivity index (χ3v) is 4.25. The molecule has 3 nitrogen and oxygen atoms in total. The number of carbonyl (C=O) groups excluding carboxylic acids is 1. The Bertz CT molecular complexity index is 455. The summed E-state index contributed by atoms with van der Waals surface area (Å²) >= 11 is 3.41. The van der Waals surface area contributed by atoms with Crippen molar-refractivity contribution in [2.24, 2.45) is 5.41 Å². The number of halogens is 1. The molecule has 2 rings (SSSR count). The van der Waals surface area contributed by atoms with Gasteiger partial charge >= 0.3 is 0 Å². The minimum atomic E-state index is -0.0499. The molecule has 2 N–H and O–H groups in total. The molecule has 1 amide bonds. The summed E-state index contributed by atoms with van der Waals surface area (Å²) in [5, 5.41) is 11.9. The van der Waals surface area contributed by atoms with Gasteiger partial charge in [-0.15, -0.1) is 0 Å². The van der Waals surface area contributed by atoms with Crippen molar-refractivity contribution < 1.29 is 9.90 Å². The van der Waals surface area contributed by atoms with Gasteiger partial charge in [0, 0.05) is 17.6 Å². The van der Waals surface area contributed by atoms with Crippen LogP contribution in [-0.2, 0) is 0 Å².